The number of hydrogen-bond acceptors (Lipinski definition) is 7. The number of unbranched alkanes of at least 4 members (excludes halogenated alkanes) is 10. The summed E-state index contributed by atoms with van der Waals surface area (Å²) in [6.45, 7) is 4.55. The maximum absolute atomic E-state index is 12.9. The van der Waals surface area contributed by atoms with E-state index in [1.807, 2.05) is 21.1 Å². The Labute approximate surface area is 592 Å². The molecule has 538 valence electrons. The van der Waals surface area contributed by atoms with Crippen LogP contribution in [-0.2, 0) is 33.3 Å². The predicted octanol–water partition coefficient (Wildman–Crippen LogP) is 24.0. The molecule has 0 radical (unpaired) electrons. The molecule has 2 unspecified atom stereocenters. The number of allylic oxidation sites excluding steroid dienone is 40. The summed E-state index contributed by atoms with van der Waals surface area (Å²) in [5, 5.41) is 9.76. The topological polar surface area (TPSA) is 108 Å². The molecule has 0 fully saturated rings. The minimum Gasteiger partial charge on any atom is -0.477 e. The van der Waals surface area contributed by atoms with E-state index < -0.39 is 24.3 Å². The maximum atomic E-state index is 12.9. The van der Waals surface area contributed by atoms with Gasteiger partial charge in [0.15, 0.2) is 6.10 Å². The van der Waals surface area contributed by atoms with Gasteiger partial charge in [-0.2, -0.15) is 0 Å². The summed E-state index contributed by atoms with van der Waals surface area (Å²) in [7, 11) is 5.94. The van der Waals surface area contributed by atoms with Crippen LogP contribution in [0.3, 0.4) is 0 Å². The number of esters is 2. The van der Waals surface area contributed by atoms with Crippen LogP contribution < -0.4 is 0 Å². The molecule has 9 nitrogen and oxygen atoms in total. The van der Waals surface area contributed by atoms with E-state index in [-0.39, 0.29) is 38.6 Å². The van der Waals surface area contributed by atoms with Crippen LogP contribution in [0.15, 0.2) is 243 Å². The fourth-order valence-electron chi connectivity index (χ4n) is 9.01. The smallest absolute Gasteiger partial charge is 0.361 e. The van der Waals surface area contributed by atoms with Crippen LogP contribution >= 0.6 is 0 Å². The van der Waals surface area contributed by atoms with Crippen LogP contribution in [0.4, 0.5) is 0 Å². The number of likely N-dealkylation sites (N-methyl/N-ethyl adjacent to an activating group) is 1. The molecule has 0 aromatic heterocycles. The summed E-state index contributed by atoms with van der Waals surface area (Å²) in [6.07, 6.45) is 118. The van der Waals surface area contributed by atoms with Crippen LogP contribution in [-0.4, -0.2) is 87.4 Å². The van der Waals surface area contributed by atoms with Gasteiger partial charge in [0, 0.05) is 12.8 Å². The van der Waals surface area contributed by atoms with Gasteiger partial charge in [0.1, 0.15) is 13.2 Å². The highest BCUT2D eigenvalue weighted by atomic mass is 16.7. The molecule has 0 aromatic carbocycles. The van der Waals surface area contributed by atoms with Crippen molar-refractivity contribution in [3.05, 3.63) is 243 Å². The number of quaternary nitrogens is 1. The van der Waals surface area contributed by atoms with Gasteiger partial charge in [0.05, 0.1) is 34.4 Å². The Bertz CT molecular complexity index is 2500. The number of carboxylic acids is 1. The summed E-state index contributed by atoms with van der Waals surface area (Å²) in [6, 6.07) is 0. The Hall–Kier alpha value is -6.91. The Kier molecular flexibility index (Phi) is 69.5. The molecule has 0 bridgehead atoms. The summed E-state index contributed by atoms with van der Waals surface area (Å²) in [5.41, 5.74) is 0. The molecule has 0 saturated carbocycles. The lowest BCUT2D eigenvalue weighted by atomic mass is 10.1. The lowest BCUT2D eigenvalue weighted by Gasteiger charge is -2.25. The third-order valence-electron chi connectivity index (χ3n) is 14.6. The Morgan fingerprint density at radius 2 is 0.557 bits per heavy atom. The SMILES string of the molecule is CC/C=C\C/C=C\C/C=C\C/C=C\C/C=C\C/C=C\C/C=C\C/C=C\C/C=C\C/C=C\C/C=C\C/C=C\CCCCC(=O)OC(COC(=O)CCCCCCCCCC/C=C\C/C=C\C/C=C\C/C=C\C/C=C\C/C=C\C/C=C\C/C=C\CC)COC(OCC[N+](C)(C)C)C(=O)O. The van der Waals surface area contributed by atoms with E-state index in [0.29, 0.717) is 23.9 Å². The van der Waals surface area contributed by atoms with E-state index in [4.69, 9.17) is 18.9 Å². The van der Waals surface area contributed by atoms with Crippen LogP contribution in [0.25, 0.3) is 0 Å². The molecule has 0 spiro atoms. The third kappa shape index (κ3) is 76.3. The fraction of sp³-hybridized carbons (Fsp3) is 0.511. The molecule has 0 aliphatic rings. The first-order valence-corrected chi connectivity index (χ1v) is 37.2. The molecule has 1 N–H and O–H groups in total. The van der Waals surface area contributed by atoms with Crippen molar-refractivity contribution in [3.8, 4) is 0 Å². The van der Waals surface area contributed by atoms with Crippen LogP contribution in [0.5, 0.6) is 0 Å². The zero-order chi connectivity index (χ0) is 70.4. The first kappa shape index (κ1) is 90.1. The second-order valence-electron chi connectivity index (χ2n) is 24.8. The van der Waals surface area contributed by atoms with E-state index in [9.17, 15) is 19.5 Å². The number of nitrogens with zero attached hydrogens (tertiary/aromatic N) is 1. The van der Waals surface area contributed by atoms with Crippen LogP contribution in [0.1, 0.15) is 232 Å². The van der Waals surface area contributed by atoms with E-state index in [2.05, 4.69) is 257 Å². The van der Waals surface area contributed by atoms with Gasteiger partial charge < -0.3 is 28.5 Å². The Balaban J connectivity index is 4.30. The number of carbonyl (C=O) groups is 3. The minimum absolute atomic E-state index is 0.163. The van der Waals surface area contributed by atoms with Crippen LogP contribution in [0, 0.1) is 0 Å². The highest BCUT2D eigenvalue weighted by molar-refractivity contribution is 5.71. The molecular formula is C88H134NO8+. The largest absolute Gasteiger partial charge is 0.477 e. The van der Waals surface area contributed by atoms with Crippen molar-refractivity contribution in [2.24, 2.45) is 0 Å². The molecule has 97 heavy (non-hydrogen) atoms. The van der Waals surface area contributed by atoms with E-state index >= 15 is 0 Å². The molecule has 0 heterocycles. The lowest BCUT2D eigenvalue weighted by molar-refractivity contribution is -0.870. The zero-order valence-corrected chi connectivity index (χ0v) is 61.4. The number of hydrogen-bond donors (Lipinski definition) is 1. The lowest BCUT2D eigenvalue weighted by Crippen LogP contribution is -2.40. The standard InChI is InChI=1S/C88H133NO8/c1-6-8-10-12-14-16-18-20-22-24-26-28-30-32-34-36-38-40-41-42-43-44-45-47-49-51-53-55-57-59-61-63-65-67-69-71-73-75-77-79-86(91)97-84(83-96-88(87(92)93)94-81-80-89(3,4)5)82-95-85(90)78-76-74-72-70-68-66-64-62-60-58-56-54-52-50-48-46-39-37-35-33-31-29-27-25-23-21-19-17-15-13-11-9-7-2/h8-11,14-17,20-23,26-29,32-35,38-40,42-43,45-47,50-53,56-59,63,65,69,71,84,88H,6-7,12-13,18-19,24-25,30-31,36-37,41,44,48-49,54-55,60-62,64,66-68,70,72-83H2,1-5H3/p+1/b10-8-,11-9-,16-14-,17-15-,22-20-,23-21-,28-26-,29-27-,34-32-,35-33-,40-38-,43-42-,46-39-,47-45-,52-50-,53-51-,58-56-,59-57-,65-63-,71-69-. The molecule has 0 rings (SSSR count). The van der Waals surface area contributed by atoms with Gasteiger partial charge in [-0.1, -0.05) is 295 Å². The zero-order valence-electron chi connectivity index (χ0n) is 61.4. The van der Waals surface area contributed by atoms with Crippen molar-refractivity contribution in [3.63, 3.8) is 0 Å². The number of rotatable bonds is 65. The van der Waals surface area contributed by atoms with Gasteiger partial charge in [-0.05, 0) is 167 Å². The number of ether oxygens (including phenoxy) is 4. The first-order valence-electron chi connectivity index (χ1n) is 37.2. The third-order valence-corrected chi connectivity index (χ3v) is 14.6. The Morgan fingerprint density at radius 3 is 0.845 bits per heavy atom. The number of carboxylic acid groups (broad SMARTS) is 1. The average molecular weight is 1330 g/mol. The van der Waals surface area contributed by atoms with Crippen molar-refractivity contribution in [2.75, 3.05) is 47.5 Å². The number of aliphatic carboxylic acids is 1. The van der Waals surface area contributed by atoms with E-state index in [1.54, 1.807) is 0 Å². The molecule has 9 heteroatoms. The van der Waals surface area contributed by atoms with Gasteiger partial charge >= 0.3 is 17.9 Å². The highest BCUT2D eigenvalue weighted by Crippen LogP contribution is 2.14. The van der Waals surface area contributed by atoms with E-state index in [1.165, 1.54) is 25.7 Å². The summed E-state index contributed by atoms with van der Waals surface area (Å²) in [5.74, 6) is -2.11. The molecule has 0 aliphatic carbocycles. The quantitative estimate of drug-likeness (QED) is 0.0211. The predicted molar refractivity (Wildman–Crippen MR) is 418 cm³/mol. The van der Waals surface area contributed by atoms with Crippen molar-refractivity contribution >= 4 is 17.9 Å². The van der Waals surface area contributed by atoms with Gasteiger partial charge in [-0.3, -0.25) is 9.59 Å². The monoisotopic (exact) mass is 1330 g/mol. The van der Waals surface area contributed by atoms with Gasteiger partial charge in [0.25, 0.3) is 6.29 Å². The first-order chi connectivity index (χ1) is 47.6. The maximum Gasteiger partial charge on any atom is 0.361 e. The molecule has 0 amide bonds. The van der Waals surface area contributed by atoms with Gasteiger partial charge in [-0.15, -0.1) is 0 Å². The van der Waals surface area contributed by atoms with Crippen molar-refractivity contribution in [1.82, 2.24) is 0 Å². The van der Waals surface area contributed by atoms with Gasteiger partial charge in [-0.25, -0.2) is 4.79 Å². The highest BCUT2D eigenvalue weighted by Gasteiger charge is 2.25. The molecule has 0 saturated heterocycles. The average Bonchev–Trinajstić information content (AvgIpc) is 2.39. The van der Waals surface area contributed by atoms with Crippen molar-refractivity contribution in [1.29, 1.82) is 0 Å². The normalized spacial score (nSPS) is 14.1. The number of carbonyl (C=O) groups excluding carboxylic acids is 2. The summed E-state index contributed by atoms with van der Waals surface area (Å²) in [4.78, 5) is 37.7. The summed E-state index contributed by atoms with van der Waals surface area (Å²) >= 11 is 0. The second kappa shape index (κ2) is 74.9. The van der Waals surface area contributed by atoms with E-state index in [0.717, 1.165) is 167 Å². The fourth-order valence-corrected chi connectivity index (χ4v) is 9.01. The second-order valence-corrected chi connectivity index (χ2v) is 24.8. The van der Waals surface area contributed by atoms with Crippen molar-refractivity contribution < 1.29 is 42.9 Å². The minimum atomic E-state index is -1.54. The van der Waals surface area contributed by atoms with Crippen LogP contribution in [0.2, 0.25) is 0 Å². The van der Waals surface area contributed by atoms with Crippen molar-refractivity contribution in [2.45, 2.75) is 245 Å². The molecule has 2 atom stereocenters. The Morgan fingerprint density at radius 1 is 0.309 bits per heavy atom. The summed E-state index contributed by atoms with van der Waals surface area (Å²) < 4.78 is 22.9. The molecule has 0 aromatic rings. The van der Waals surface area contributed by atoms with Gasteiger partial charge in [0.2, 0.25) is 0 Å². The molecular weight excluding hydrogens is 1200 g/mol. The molecule has 0 aliphatic heterocycles.